The van der Waals surface area contributed by atoms with E-state index in [9.17, 15) is 4.39 Å². The molecule has 14 heavy (non-hydrogen) atoms. The van der Waals surface area contributed by atoms with Crippen molar-refractivity contribution in [2.24, 2.45) is 0 Å². The van der Waals surface area contributed by atoms with Crippen LogP contribution < -0.4 is 0 Å². The van der Waals surface area contributed by atoms with E-state index >= 15 is 0 Å². The maximum Gasteiger partial charge on any atom is 0.123 e. The van der Waals surface area contributed by atoms with E-state index in [0.29, 0.717) is 0 Å². The molecule has 70 valence electrons. The van der Waals surface area contributed by atoms with Gasteiger partial charge in [0.1, 0.15) is 5.82 Å². The molecule has 0 unspecified atom stereocenters. The first-order valence-corrected chi connectivity index (χ1v) is 4.63. The van der Waals surface area contributed by atoms with E-state index in [1.54, 1.807) is 0 Å². The summed E-state index contributed by atoms with van der Waals surface area (Å²) in [6.07, 6.45) is 0.862. The maximum absolute atomic E-state index is 12.6. The Balaban J connectivity index is 2.16. The number of benzene rings is 2. The minimum absolute atomic E-state index is 0.179. The summed E-state index contributed by atoms with van der Waals surface area (Å²) in [6, 6.07) is 16.8. The highest BCUT2D eigenvalue weighted by atomic mass is 19.1. The first kappa shape index (κ1) is 8.95. The van der Waals surface area contributed by atoms with Gasteiger partial charge in [-0.25, -0.2) is 4.39 Å². The fourth-order valence-electron chi connectivity index (χ4n) is 1.43. The molecule has 2 rings (SSSR count). The first-order valence-electron chi connectivity index (χ1n) is 4.63. The second-order valence-corrected chi connectivity index (χ2v) is 3.29. The Hall–Kier alpha value is -1.63. The van der Waals surface area contributed by atoms with E-state index in [4.69, 9.17) is 0 Å². The molecule has 0 aliphatic carbocycles. The van der Waals surface area contributed by atoms with Crippen molar-refractivity contribution >= 4 is 0 Å². The van der Waals surface area contributed by atoms with Gasteiger partial charge in [-0.05, 0) is 29.7 Å². The molecule has 2 aromatic rings. The van der Waals surface area contributed by atoms with Crippen molar-refractivity contribution < 1.29 is 4.39 Å². The van der Waals surface area contributed by atoms with Crippen molar-refractivity contribution in [3.05, 3.63) is 71.5 Å². The molecule has 0 amide bonds. The lowest BCUT2D eigenvalue weighted by Gasteiger charge is -2.00. The average molecular weight is 186 g/mol. The molecule has 0 aliphatic heterocycles. The van der Waals surface area contributed by atoms with Crippen LogP contribution in [0.4, 0.5) is 4.39 Å². The van der Waals surface area contributed by atoms with Gasteiger partial charge in [-0.3, -0.25) is 0 Å². The van der Waals surface area contributed by atoms with Crippen molar-refractivity contribution in [1.29, 1.82) is 0 Å². The molecule has 0 radical (unpaired) electrons. The molecule has 0 fully saturated rings. The van der Waals surface area contributed by atoms with E-state index in [2.05, 4.69) is 12.1 Å². The van der Waals surface area contributed by atoms with Gasteiger partial charge in [0.25, 0.3) is 0 Å². The molecule has 1 heteroatoms. The van der Waals surface area contributed by atoms with Crippen LogP contribution in [0.15, 0.2) is 54.6 Å². The summed E-state index contributed by atoms with van der Waals surface area (Å²) in [6.45, 7) is 0. The molecule has 0 aromatic heterocycles. The van der Waals surface area contributed by atoms with Gasteiger partial charge in [-0.15, -0.1) is 0 Å². The number of hydrogen-bond donors (Lipinski definition) is 0. The average Bonchev–Trinajstić information content (AvgIpc) is 2.23. The highest BCUT2D eigenvalue weighted by molar-refractivity contribution is 5.25. The zero-order valence-electron chi connectivity index (χ0n) is 7.78. The predicted octanol–water partition coefficient (Wildman–Crippen LogP) is 3.42. The lowest BCUT2D eigenvalue weighted by molar-refractivity contribution is 0.627. The molecule has 0 saturated heterocycles. The molecule has 0 nitrogen and oxygen atoms in total. The monoisotopic (exact) mass is 186 g/mol. The summed E-state index contributed by atoms with van der Waals surface area (Å²) in [5.74, 6) is -0.179. The Bertz CT molecular complexity index is 389. The second-order valence-electron chi connectivity index (χ2n) is 3.29. The van der Waals surface area contributed by atoms with E-state index < -0.39 is 0 Å². The van der Waals surface area contributed by atoms with Gasteiger partial charge in [-0.1, -0.05) is 42.5 Å². The van der Waals surface area contributed by atoms with Crippen LogP contribution >= 0.6 is 0 Å². The number of rotatable bonds is 2. The van der Waals surface area contributed by atoms with E-state index in [1.165, 1.54) is 17.7 Å². The number of halogens is 1. The summed E-state index contributed by atoms with van der Waals surface area (Å²) in [7, 11) is 0. The highest BCUT2D eigenvalue weighted by Gasteiger charge is 1.95. The van der Waals surface area contributed by atoms with E-state index in [-0.39, 0.29) is 5.82 Å². The fourth-order valence-corrected chi connectivity index (χ4v) is 1.43. The van der Waals surface area contributed by atoms with Crippen LogP contribution in [-0.4, -0.2) is 0 Å². The van der Waals surface area contributed by atoms with Crippen molar-refractivity contribution in [3.63, 3.8) is 0 Å². The van der Waals surface area contributed by atoms with E-state index in [0.717, 1.165) is 12.0 Å². The van der Waals surface area contributed by atoms with Crippen LogP contribution in [0.2, 0.25) is 0 Å². The van der Waals surface area contributed by atoms with E-state index in [1.807, 2.05) is 30.3 Å². The summed E-state index contributed by atoms with van der Waals surface area (Å²) < 4.78 is 12.6. The fraction of sp³-hybridized carbons (Fsp3) is 0.0769. The van der Waals surface area contributed by atoms with Crippen molar-refractivity contribution in [3.8, 4) is 0 Å². The minimum Gasteiger partial charge on any atom is -0.207 e. The van der Waals surface area contributed by atoms with Gasteiger partial charge >= 0.3 is 0 Å². The van der Waals surface area contributed by atoms with Gasteiger partial charge in [0.2, 0.25) is 0 Å². The van der Waals surface area contributed by atoms with Crippen LogP contribution in [0.5, 0.6) is 0 Å². The molecule has 0 N–H and O–H groups in total. The topological polar surface area (TPSA) is 0 Å². The Morgan fingerprint density at radius 2 is 1.29 bits per heavy atom. The van der Waals surface area contributed by atoms with Crippen molar-refractivity contribution in [2.75, 3.05) is 0 Å². The molecule has 2 aromatic carbocycles. The predicted molar refractivity (Wildman–Crippen MR) is 55.6 cm³/mol. The molecule has 0 spiro atoms. The van der Waals surface area contributed by atoms with Crippen LogP contribution in [0.3, 0.4) is 0 Å². The Morgan fingerprint density at radius 1 is 0.714 bits per heavy atom. The smallest absolute Gasteiger partial charge is 0.123 e. The summed E-state index contributed by atoms with van der Waals surface area (Å²) in [4.78, 5) is 0. The molecular formula is C13H11F. The third kappa shape index (κ3) is 2.19. The summed E-state index contributed by atoms with van der Waals surface area (Å²) in [5.41, 5.74) is 2.39. The van der Waals surface area contributed by atoms with Crippen LogP contribution in [0, 0.1) is 5.82 Å². The molecule has 0 saturated carbocycles. The Morgan fingerprint density at radius 3 is 1.93 bits per heavy atom. The van der Waals surface area contributed by atoms with Crippen LogP contribution in [0.1, 0.15) is 11.1 Å². The Kier molecular flexibility index (Phi) is 2.59. The third-order valence-electron chi connectivity index (χ3n) is 2.16. The maximum atomic E-state index is 12.6. The Labute approximate surface area is 83.0 Å². The van der Waals surface area contributed by atoms with Gasteiger partial charge < -0.3 is 0 Å². The summed E-state index contributed by atoms with van der Waals surface area (Å²) in [5, 5.41) is 0. The zero-order chi connectivity index (χ0) is 9.80. The van der Waals surface area contributed by atoms with Crippen molar-refractivity contribution in [1.82, 2.24) is 0 Å². The largest absolute Gasteiger partial charge is 0.207 e. The van der Waals surface area contributed by atoms with Gasteiger partial charge in [-0.2, -0.15) is 0 Å². The minimum atomic E-state index is -0.179. The third-order valence-corrected chi connectivity index (χ3v) is 2.16. The summed E-state index contributed by atoms with van der Waals surface area (Å²) >= 11 is 0. The highest BCUT2D eigenvalue weighted by Crippen LogP contribution is 2.09. The van der Waals surface area contributed by atoms with Gasteiger partial charge in [0.15, 0.2) is 0 Å². The zero-order valence-corrected chi connectivity index (χ0v) is 7.78. The standard InChI is InChI=1S/C13H11F/c14-13-8-6-12(7-9-13)10-11-4-2-1-3-5-11/h1-9H,10H2. The van der Waals surface area contributed by atoms with Crippen molar-refractivity contribution in [2.45, 2.75) is 6.42 Å². The number of hydrogen-bond acceptors (Lipinski definition) is 0. The van der Waals surface area contributed by atoms with Gasteiger partial charge in [0.05, 0.1) is 0 Å². The SMILES string of the molecule is Fc1ccc(Cc2ccccc2)cc1. The molecule has 0 aliphatic rings. The lowest BCUT2D eigenvalue weighted by atomic mass is 10.1. The molecule has 0 bridgehead atoms. The normalized spacial score (nSPS) is 10.1. The van der Waals surface area contributed by atoms with Gasteiger partial charge in [0, 0.05) is 0 Å². The first-order chi connectivity index (χ1) is 6.84. The molecule has 0 heterocycles. The lowest BCUT2D eigenvalue weighted by Crippen LogP contribution is -1.87. The quantitative estimate of drug-likeness (QED) is 0.674. The molecular weight excluding hydrogens is 175 g/mol. The van der Waals surface area contributed by atoms with Crippen LogP contribution in [-0.2, 0) is 6.42 Å². The molecule has 0 atom stereocenters. The second kappa shape index (κ2) is 4.05. The van der Waals surface area contributed by atoms with Crippen LogP contribution in [0.25, 0.3) is 0 Å².